The van der Waals surface area contributed by atoms with Gasteiger partial charge in [-0.2, -0.15) is 21.6 Å². The summed E-state index contributed by atoms with van der Waals surface area (Å²) in [6.07, 6.45) is 0. The summed E-state index contributed by atoms with van der Waals surface area (Å²) in [6, 6.07) is 14.8. The molecule has 2 aromatic carbocycles. The van der Waals surface area contributed by atoms with Crippen molar-refractivity contribution in [2.24, 2.45) is 0 Å². The maximum atomic E-state index is 10.7. The number of alkyl halides is 3. The highest BCUT2D eigenvalue weighted by atomic mass is 32.2. The topological polar surface area (TPSA) is 66.4 Å². The van der Waals surface area contributed by atoms with Crippen LogP contribution in [0.4, 0.5) is 24.5 Å². The van der Waals surface area contributed by atoms with Crippen LogP contribution in [0.1, 0.15) is 5.56 Å². The highest BCUT2D eigenvalue weighted by Gasteiger charge is 2.44. The predicted molar refractivity (Wildman–Crippen MR) is 82.6 cm³/mol. The molecule has 1 aliphatic rings. The number of anilines is 2. The Kier molecular flexibility index (Phi) is 4.92. The molecule has 0 atom stereocenters. The zero-order valence-corrected chi connectivity index (χ0v) is 13.4. The minimum atomic E-state index is -5.84. The monoisotopic (exact) mass is 363 g/mol. The normalized spacial score (nSPS) is 13.1. The number of nitrogens with one attached hydrogen (secondary N) is 1. The molecule has 0 spiro atoms. The Morgan fingerprint density at radius 1 is 1.04 bits per heavy atom. The summed E-state index contributed by atoms with van der Waals surface area (Å²) in [5.41, 5.74) is -1.77. The van der Waals surface area contributed by atoms with Gasteiger partial charge < -0.3 is 5.32 Å². The van der Waals surface area contributed by atoms with Crippen LogP contribution in [0.3, 0.4) is 0 Å². The van der Waals surface area contributed by atoms with E-state index in [4.69, 9.17) is 13.0 Å². The molecular weight excluding hydrogens is 351 g/mol. The van der Waals surface area contributed by atoms with Crippen molar-refractivity contribution in [3.63, 3.8) is 0 Å². The van der Waals surface area contributed by atoms with Gasteiger partial charge in [0.05, 0.1) is 11.4 Å². The molecule has 124 valence electrons. The molecule has 0 saturated heterocycles. The summed E-state index contributed by atoms with van der Waals surface area (Å²) in [5, 5.41) is 3.49. The van der Waals surface area contributed by atoms with Gasteiger partial charge in [0, 0.05) is 9.79 Å². The lowest BCUT2D eigenvalue weighted by Crippen LogP contribution is -2.21. The second-order valence-corrected chi connectivity index (χ2v) is 7.09. The van der Waals surface area contributed by atoms with E-state index in [-0.39, 0.29) is 0 Å². The molecule has 1 aliphatic heterocycles. The van der Waals surface area contributed by atoms with Gasteiger partial charge in [0.15, 0.2) is 0 Å². The SMILES string of the molecule is Cc1cccc2c1Nc1ccccc1S2.O=S(=O)(O)C(F)(F)F. The summed E-state index contributed by atoms with van der Waals surface area (Å²) in [7, 11) is -5.84. The number of para-hydroxylation sites is 2. The van der Waals surface area contributed by atoms with Crippen LogP contribution in [-0.2, 0) is 10.1 Å². The number of fused-ring (bicyclic) bond motifs is 2. The van der Waals surface area contributed by atoms with Gasteiger partial charge in [-0.15, -0.1) is 0 Å². The molecule has 3 rings (SSSR count). The molecule has 2 aromatic rings. The molecule has 2 N–H and O–H groups in total. The van der Waals surface area contributed by atoms with Crippen LogP contribution in [0.25, 0.3) is 0 Å². The quantitative estimate of drug-likeness (QED) is 0.451. The first-order valence-corrected chi connectivity index (χ1v) is 8.52. The van der Waals surface area contributed by atoms with Crippen LogP contribution in [0.2, 0.25) is 0 Å². The molecule has 0 radical (unpaired) electrons. The third kappa shape index (κ3) is 4.18. The average molecular weight is 363 g/mol. The average Bonchev–Trinajstić information content (AvgIpc) is 2.44. The highest BCUT2D eigenvalue weighted by Crippen LogP contribution is 2.44. The van der Waals surface area contributed by atoms with E-state index in [0.29, 0.717) is 0 Å². The van der Waals surface area contributed by atoms with Crippen molar-refractivity contribution < 1.29 is 26.1 Å². The van der Waals surface area contributed by atoms with Crippen LogP contribution < -0.4 is 5.32 Å². The van der Waals surface area contributed by atoms with Gasteiger partial charge in [-0.25, -0.2) is 0 Å². The third-order valence-corrected chi connectivity index (χ3v) is 4.61. The van der Waals surface area contributed by atoms with Crippen LogP contribution in [-0.4, -0.2) is 18.5 Å². The Hall–Kier alpha value is -1.71. The third-order valence-electron chi connectivity index (χ3n) is 2.89. The van der Waals surface area contributed by atoms with Crippen molar-refractivity contribution in [1.29, 1.82) is 0 Å². The lowest BCUT2D eigenvalue weighted by molar-refractivity contribution is -0.0510. The molecule has 4 nitrogen and oxygen atoms in total. The Bertz CT molecular complexity index is 820. The van der Waals surface area contributed by atoms with Gasteiger partial charge in [-0.05, 0) is 30.7 Å². The van der Waals surface area contributed by atoms with Gasteiger partial charge in [0.2, 0.25) is 0 Å². The van der Waals surface area contributed by atoms with Crippen molar-refractivity contribution in [3.8, 4) is 0 Å². The highest BCUT2D eigenvalue weighted by molar-refractivity contribution is 7.99. The number of hydrogen-bond donors (Lipinski definition) is 2. The largest absolute Gasteiger partial charge is 0.522 e. The van der Waals surface area contributed by atoms with E-state index in [1.807, 2.05) is 11.8 Å². The maximum Gasteiger partial charge on any atom is 0.522 e. The Morgan fingerprint density at radius 2 is 1.61 bits per heavy atom. The molecule has 0 amide bonds. The summed E-state index contributed by atoms with van der Waals surface area (Å²) in [4.78, 5) is 2.62. The molecule has 23 heavy (non-hydrogen) atoms. The fraction of sp³-hybridized carbons (Fsp3) is 0.143. The van der Waals surface area contributed by atoms with E-state index >= 15 is 0 Å². The second kappa shape index (κ2) is 6.42. The first kappa shape index (κ1) is 17.6. The summed E-state index contributed by atoms with van der Waals surface area (Å²) in [6.45, 7) is 2.14. The summed E-state index contributed by atoms with van der Waals surface area (Å²) >= 11 is 1.83. The van der Waals surface area contributed by atoms with Crippen LogP contribution in [0, 0.1) is 6.92 Å². The van der Waals surface area contributed by atoms with Crippen molar-refractivity contribution in [2.45, 2.75) is 22.2 Å². The van der Waals surface area contributed by atoms with E-state index in [1.54, 1.807) is 0 Å². The van der Waals surface area contributed by atoms with Crippen molar-refractivity contribution in [1.82, 2.24) is 0 Å². The van der Waals surface area contributed by atoms with E-state index < -0.39 is 15.6 Å². The van der Waals surface area contributed by atoms with E-state index in [9.17, 15) is 13.2 Å². The molecule has 1 heterocycles. The lowest BCUT2D eigenvalue weighted by Gasteiger charge is -2.21. The Balaban J connectivity index is 0.000000207. The van der Waals surface area contributed by atoms with Gasteiger partial charge in [0.1, 0.15) is 0 Å². The predicted octanol–water partition coefficient (Wildman–Crippen LogP) is 4.60. The molecule has 0 aliphatic carbocycles. The van der Waals surface area contributed by atoms with Crippen molar-refractivity contribution in [2.75, 3.05) is 5.32 Å². The van der Waals surface area contributed by atoms with Crippen LogP contribution in [0.5, 0.6) is 0 Å². The summed E-state index contributed by atoms with van der Waals surface area (Å²) < 4.78 is 57.5. The molecule has 9 heteroatoms. The van der Waals surface area contributed by atoms with Gasteiger partial charge in [-0.1, -0.05) is 36.0 Å². The smallest absolute Gasteiger partial charge is 0.353 e. The molecule has 0 aromatic heterocycles. The Morgan fingerprint density at radius 3 is 2.22 bits per heavy atom. The zero-order valence-electron chi connectivity index (χ0n) is 11.8. The fourth-order valence-electron chi connectivity index (χ4n) is 1.80. The fourth-order valence-corrected chi connectivity index (χ4v) is 2.87. The standard InChI is InChI=1S/C13H11NS.CHF3O3S/c1-9-5-4-8-12-13(9)14-10-6-2-3-7-11(10)15-12;2-1(3,4)8(5,6)7/h2-8,14H,1H3;(H,5,6,7). The molecule has 0 bridgehead atoms. The first-order chi connectivity index (χ1) is 10.6. The van der Waals surface area contributed by atoms with E-state index in [0.717, 1.165) is 0 Å². The maximum absolute atomic E-state index is 10.7. The number of rotatable bonds is 0. The van der Waals surface area contributed by atoms with Gasteiger partial charge in [0.25, 0.3) is 0 Å². The van der Waals surface area contributed by atoms with Crippen molar-refractivity contribution >= 4 is 33.3 Å². The molecule has 0 fully saturated rings. The van der Waals surface area contributed by atoms with E-state index in [1.165, 1.54) is 26.7 Å². The van der Waals surface area contributed by atoms with Gasteiger partial charge >= 0.3 is 15.6 Å². The van der Waals surface area contributed by atoms with E-state index in [2.05, 4.69) is 54.7 Å². The molecular formula is C14H12F3NO3S2. The zero-order chi connectivity index (χ0) is 17.3. The lowest BCUT2D eigenvalue weighted by atomic mass is 10.2. The minimum Gasteiger partial charge on any atom is -0.353 e. The summed E-state index contributed by atoms with van der Waals surface area (Å²) in [5.74, 6) is 0. The molecule has 0 saturated carbocycles. The molecule has 0 unspecified atom stereocenters. The van der Waals surface area contributed by atoms with Gasteiger partial charge in [-0.3, -0.25) is 4.55 Å². The number of benzene rings is 2. The number of halogens is 3. The number of aryl methyl sites for hydroxylation is 1. The van der Waals surface area contributed by atoms with Crippen LogP contribution >= 0.6 is 11.8 Å². The first-order valence-electron chi connectivity index (χ1n) is 6.27. The second-order valence-electron chi connectivity index (χ2n) is 4.59. The van der Waals surface area contributed by atoms with Crippen LogP contribution in [0.15, 0.2) is 52.3 Å². The number of hydrogen-bond acceptors (Lipinski definition) is 4. The minimum absolute atomic E-state index is 1.21. The Labute approximate surface area is 135 Å². The van der Waals surface area contributed by atoms with Crippen molar-refractivity contribution in [3.05, 3.63) is 48.0 Å².